The van der Waals surface area contributed by atoms with E-state index in [-0.39, 0.29) is 140 Å². The number of hydrogen-bond acceptors (Lipinski definition) is 0. The van der Waals surface area contributed by atoms with E-state index in [2.05, 4.69) is 0 Å². The van der Waals surface area contributed by atoms with Gasteiger partial charge >= 0.3 is 48.9 Å². The first-order valence-corrected chi connectivity index (χ1v) is 0. The van der Waals surface area contributed by atoms with E-state index >= 15 is 0 Å². The molecule has 0 aromatic rings. The van der Waals surface area contributed by atoms with Crippen LogP contribution in [0.15, 0.2) is 0 Å². The summed E-state index contributed by atoms with van der Waals surface area (Å²) in [6.07, 6.45) is 0. The van der Waals surface area contributed by atoms with E-state index in [9.17, 15) is 0 Å². The Balaban J connectivity index is 0. The molecule has 0 saturated heterocycles. The first-order chi connectivity index (χ1) is 0. The maximum Gasteiger partial charge on any atom is 0 e. The Bertz CT molecular complexity index is 8.00. The molecule has 0 atom stereocenters. The van der Waals surface area contributed by atoms with Crippen LogP contribution in [0, 0.1) is 41.7 Å². The molecule has 0 rings (SSSR count). The zero-order valence-corrected chi connectivity index (χ0v) is 8.43. The minimum absolute atomic E-state index is 0. The van der Waals surface area contributed by atoms with Crippen LogP contribution in [0.4, 0.5) is 0 Å². The first kappa shape index (κ1) is 23.5. The number of hydrogen-bond donors (Lipinski definition) is 0. The third-order valence-electron chi connectivity index (χ3n) is 0. The van der Waals surface area contributed by atoms with Crippen molar-refractivity contribution in [3.05, 3.63) is 0 Å². The molecule has 0 aliphatic heterocycles. The Morgan fingerprint density at radius 2 is 1.00 bits per heavy atom. The molecule has 0 aromatic carbocycles. The van der Waals surface area contributed by atoms with Gasteiger partial charge in [-0.1, -0.05) is 0 Å². The predicted molar refractivity (Wildman–Crippen MR) is 8.54 cm³/mol. The molecular formula is H2BaCeCoY. The van der Waals surface area contributed by atoms with Gasteiger partial charge in [0, 0.05) is 91.2 Å². The van der Waals surface area contributed by atoms with Gasteiger partial charge in [-0.3, -0.25) is 0 Å². The van der Waals surface area contributed by atoms with E-state index < -0.39 is 0 Å². The Kier molecular flexibility index (Phi) is 92.0. The summed E-state index contributed by atoms with van der Waals surface area (Å²) in [5.41, 5.74) is 0. The summed E-state index contributed by atoms with van der Waals surface area (Å²) >= 11 is 0. The summed E-state index contributed by atoms with van der Waals surface area (Å²) in [5.74, 6) is 0. The standard InChI is InChI=1S/Ba.Ce.Co.Y.2H. The van der Waals surface area contributed by atoms with E-state index in [1.807, 2.05) is 0 Å². The van der Waals surface area contributed by atoms with Crippen LogP contribution in [0.1, 0.15) is 0 Å². The van der Waals surface area contributed by atoms with Gasteiger partial charge in [-0.15, -0.1) is 0 Å². The van der Waals surface area contributed by atoms with Crippen LogP contribution in [0.3, 0.4) is 0 Å². The SMILES string of the molecule is [BaH2].[Ce].[Co].[Y]. The average molecular weight is 427 g/mol. The number of rotatable bonds is 0. The molecule has 0 aliphatic carbocycles. The minimum atomic E-state index is 0. The molecule has 0 bridgehead atoms. The molecule has 0 spiro atoms. The second-order valence-electron chi connectivity index (χ2n) is 0. The van der Waals surface area contributed by atoms with Crippen molar-refractivity contribution in [2.75, 3.05) is 0 Å². The predicted octanol–water partition coefficient (Wildman–Crippen LogP) is -0.921. The Morgan fingerprint density at radius 3 is 1.00 bits per heavy atom. The van der Waals surface area contributed by atoms with Gasteiger partial charge in [0.1, 0.15) is 0 Å². The molecule has 0 N–H and O–H groups in total. The molecule has 0 saturated carbocycles. The van der Waals surface area contributed by atoms with Crippen molar-refractivity contribution in [1.82, 2.24) is 0 Å². The van der Waals surface area contributed by atoms with Gasteiger partial charge in [0.15, 0.2) is 0 Å². The fourth-order valence-electron chi connectivity index (χ4n) is 0. The summed E-state index contributed by atoms with van der Waals surface area (Å²) < 4.78 is 0. The summed E-state index contributed by atoms with van der Waals surface area (Å²) in [4.78, 5) is 0. The van der Waals surface area contributed by atoms with E-state index in [0.717, 1.165) is 0 Å². The molecular weight excluding hydrogens is 425 g/mol. The molecule has 0 unspecified atom stereocenters. The summed E-state index contributed by atoms with van der Waals surface area (Å²) in [6.45, 7) is 0. The molecule has 2 radical (unpaired) electrons. The fraction of sp³-hybridized carbons (Fsp3) is 0. The van der Waals surface area contributed by atoms with Crippen LogP contribution in [-0.2, 0) is 49.5 Å². The Hall–Kier alpha value is 4.56. The van der Waals surface area contributed by atoms with Gasteiger partial charge in [-0.2, -0.15) is 0 Å². The molecule has 0 heterocycles. The van der Waals surface area contributed by atoms with Crippen molar-refractivity contribution in [2.24, 2.45) is 0 Å². The smallest absolute Gasteiger partial charge is 0 e. The van der Waals surface area contributed by atoms with Gasteiger partial charge in [-0.25, -0.2) is 0 Å². The molecule has 0 nitrogen and oxygen atoms in total. The van der Waals surface area contributed by atoms with E-state index in [1.165, 1.54) is 0 Å². The van der Waals surface area contributed by atoms with Crippen molar-refractivity contribution in [3.63, 3.8) is 0 Å². The molecule has 20 valence electrons. The summed E-state index contributed by atoms with van der Waals surface area (Å²) in [7, 11) is 0. The van der Waals surface area contributed by atoms with Crippen molar-refractivity contribution in [1.29, 1.82) is 0 Å². The third kappa shape index (κ3) is 9.75. The largest absolute Gasteiger partial charge is 0 e. The van der Waals surface area contributed by atoms with Crippen molar-refractivity contribution in [3.8, 4) is 0 Å². The third-order valence-corrected chi connectivity index (χ3v) is 0. The monoisotopic (exact) mass is 428 g/mol. The normalized spacial score (nSPS) is 0. The van der Waals surface area contributed by atoms with Crippen LogP contribution in [0.5, 0.6) is 0 Å². The average Bonchev–Trinajstić information content (AvgIpc) is 0. The molecule has 0 aliphatic rings. The van der Waals surface area contributed by atoms with Gasteiger partial charge < -0.3 is 0 Å². The topological polar surface area (TPSA) is 0 Å². The zero-order valence-electron chi connectivity index (χ0n) is 1.41. The van der Waals surface area contributed by atoms with Crippen molar-refractivity contribution in [2.45, 2.75) is 0 Å². The van der Waals surface area contributed by atoms with E-state index in [0.29, 0.717) is 0 Å². The molecule has 0 aromatic heterocycles. The molecule has 4 heavy (non-hydrogen) atoms. The summed E-state index contributed by atoms with van der Waals surface area (Å²) in [5, 5.41) is 0. The minimum Gasteiger partial charge on any atom is 0 e. The quantitative estimate of drug-likeness (QED) is 0.439. The van der Waals surface area contributed by atoms with Crippen LogP contribution < -0.4 is 0 Å². The Morgan fingerprint density at radius 1 is 1.00 bits per heavy atom. The van der Waals surface area contributed by atoms with E-state index in [1.54, 1.807) is 0 Å². The van der Waals surface area contributed by atoms with Crippen LogP contribution in [0.2, 0.25) is 0 Å². The van der Waals surface area contributed by atoms with Gasteiger partial charge in [0.2, 0.25) is 0 Å². The van der Waals surface area contributed by atoms with Gasteiger partial charge in [-0.05, 0) is 0 Å². The molecule has 0 amide bonds. The van der Waals surface area contributed by atoms with Gasteiger partial charge in [0.05, 0.1) is 0 Å². The van der Waals surface area contributed by atoms with Crippen LogP contribution in [0.25, 0.3) is 0 Å². The van der Waals surface area contributed by atoms with Crippen molar-refractivity contribution < 1.29 is 91.2 Å². The van der Waals surface area contributed by atoms with Crippen LogP contribution >= 0.6 is 0 Å². The maximum absolute atomic E-state index is 0. The first-order valence-electron chi connectivity index (χ1n) is 0. The molecule has 0 fully saturated rings. The Labute approximate surface area is 136 Å². The fourth-order valence-corrected chi connectivity index (χ4v) is 0. The maximum atomic E-state index is 0. The van der Waals surface area contributed by atoms with Crippen LogP contribution in [-0.4, -0.2) is 48.9 Å². The second-order valence-corrected chi connectivity index (χ2v) is 0. The van der Waals surface area contributed by atoms with Gasteiger partial charge in [0.25, 0.3) is 0 Å². The van der Waals surface area contributed by atoms with E-state index in [4.69, 9.17) is 0 Å². The molecule has 4 heteroatoms. The van der Waals surface area contributed by atoms with Crippen molar-refractivity contribution >= 4 is 48.9 Å². The second kappa shape index (κ2) is 15.6. The summed E-state index contributed by atoms with van der Waals surface area (Å²) in [6, 6.07) is 0. The zero-order chi connectivity index (χ0) is 0.